The van der Waals surface area contributed by atoms with Crippen molar-refractivity contribution < 1.29 is 9.53 Å². The predicted octanol–water partition coefficient (Wildman–Crippen LogP) is 4.73. The summed E-state index contributed by atoms with van der Waals surface area (Å²) in [6.07, 6.45) is 0. The average Bonchev–Trinajstić information content (AvgIpc) is 2.73. The van der Waals surface area contributed by atoms with Gasteiger partial charge in [-0.2, -0.15) is 0 Å². The summed E-state index contributed by atoms with van der Waals surface area (Å²) >= 11 is 0. The van der Waals surface area contributed by atoms with Crippen LogP contribution in [0.1, 0.15) is 12.5 Å². The van der Waals surface area contributed by atoms with Crippen LogP contribution in [0.2, 0.25) is 0 Å². The molecule has 3 rings (SSSR count). The number of anilines is 2. The SMILES string of the molecule is CCN(C(=O)CNc1ccccc1OCc1ccccc1)c1ccccc1. The Labute approximate surface area is 160 Å². The number of ether oxygens (including phenoxy) is 1. The fourth-order valence-corrected chi connectivity index (χ4v) is 2.85. The number of nitrogens with one attached hydrogen (secondary N) is 1. The Morgan fingerprint density at radius 3 is 2.22 bits per heavy atom. The van der Waals surface area contributed by atoms with Crippen molar-refractivity contribution >= 4 is 17.3 Å². The van der Waals surface area contributed by atoms with Gasteiger partial charge in [0.25, 0.3) is 0 Å². The zero-order valence-corrected chi connectivity index (χ0v) is 15.5. The number of carbonyl (C=O) groups excluding carboxylic acids is 1. The van der Waals surface area contributed by atoms with Gasteiger partial charge in [-0.1, -0.05) is 60.7 Å². The Morgan fingerprint density at radius 2 is 1.52 bits per heavy atom. The van der Waals surface area contributed by atoms with E-state index >= 15 is 0 Å². The first-order valence-corrected chi connectivity index (χ1v) is 9.13. The molecule has 0 atom stereocenters. The second-order valence-corrected chi connectivity index (χ2v) is 6.10. The van der Waals surface area contributed by atoms with Crippen LogP contribution in [-0.4, -0.2) is 19.0 Å². The maximum Gasteiger partial charge on any atom is 0.246 e. The maximum absolute atomic E-state index is 12.7. The largest absolute Gasteiger partial charge is 0.487 e. The molecule has 0 aliphatic rings. The lowest BCUT2D eigenvalue weighted by molar-refractivity contribution is -0.116. The number of hydrogen-bond acceptors (Lipinski definition) is 3. The van der Waals surface area contributed by atoms with Crippen molar-refractivity contribution in [2.45, 2.75) is 13.5 Å². The molecule has 0 aliphatic carbocycles. The van der Waals surface area contributed by atoms with Crippen LogP contribution in [0.15, 0.2) is 84.9 Å². The van der Waals surface area contributed by atoms with Crippen molar-refractivity contribution in [3.05, 3.63) is 90.5 Å². The first kappa shape index (κ1) is 18.5. The topological polar surface area (TPSA) is 41.6 Å². The molecule has 0 saturated carbocycles. The normalized spacial score (nSPS) is 10.3. The summed E-state index contributed by atoms with van der Waals surface area (Å²) in [6, 6.07) is 27.4. The van der Waals surface area contributed by atoms with Crippen molar-refractivity contribution in [1.82, 2.24) is 0 Å². The zero-order valence-electron chi connectivity index (χ0n) is 15.5. The molecule has 4 heteroatoms. The number of amides is 1. The van der Waals surface area contributed by atoms with Gasteiger partial charge in [0, 0.05) is 12.2 Å². The number of likely N-dealkylation sites (N-methyl/N-ethyl adjacent to an activating group) is 1. The molecule has 0 fully saturated rings. The van der Waals surface area contributed by atoms with Crippen molar-refractivity contribution in [2.24, 2.45) is 0 Å². The van der Waals surface area contributed by atoms with E-state index in [0.717, 1.165) is 22.7 Å². The van der Waals surface area contributed by atoms with Gasteiger partial charge in [-0.3, -0.25) is 4.79 Å². The number of nitrogens with zero attached hydrogens (tertiary/aromatic N) is 1. The second kappa shape index (κ2) is 9.43. The summed E-state index contributed by atoms with van der Waals surface area (Å²) < 4.78 is 5.94. The predicted molar refractivity (Wildman–Crippen MR) is 110 cm³/mol. The van der Waals surface area contributed by atoms with E-state index in [1.54, 1.807) is 4.90 Å². The first-order valence-electron chi connectivity index (χ1n) is 9.13. The summed E-state index contributed by atoms with van der Waals surface area (Å²) in [4.78, 5) is 14.4. The summed E-state index contributed by atoms with van der Waals surface area (Å²) in [5.74, 6) is 0.749. The number of hydrogen-bond donors (Lipinski definition) is 1. The minimum absolute atomic E-state index is 0.0153. The van der Waals surface area contributed by atoms with E-state index in [9.17, 15) is 4.79 Å². The van der Waals surface area contributed by atoms with Crippen LogP contribution in [0.25, 0.3) is 0 Å². The first-order chi connectivity index (χ1) is 13.3. The molecule has 1 amide bonds. The van der Waals surface area contributed by atoms with E-state index in [1.807, 2.05) is 91.9 Å². The molecule has 3 aromatic carbocycles. The quantitative estimate of drug-likeness (QED) is 0.631. The molecular weight excluding hydrogens is 336 g/mol. The molecule has 3 aromatic rings. The third-order valence-corrected chi connectivity index (χ3v) is 4.24. The fraction of sp³-hybridized carbons (Fsp3) is 0.174. The van der Waals surface area contributed by atoms with E-state index in [1.165, 1.54) is 0 Å². The zero-order chi connectivity index (χ0) is 18.9. The number of benzene rings is 3. The molecule has 0 unspecified atom stereocenters. The van der Waals surface area contributed by atoms with Crippen molar-refractivity contribution in [2.75, 3.05) is 23.3 Å². The minimum atomic E-state index is 0.0153. The molecule has 1 N–H and O–H groups in total. The number of carbonyl (C=O) groups is 1. The third kappa shape index (κ3) is 5.11. The van der Waals surface area contributed by atoms with E-state index in [4.69, 9.17) is 4.74 Å². The minimum Gasteiger partial charge on any atom is -0.487 e. The summed E-state index contributed by atoms with van der Waals surface area (Å²) in [7, 11) is 0. The standard InChI is InChI=1S/C23H24N2O2/c1-2-25(20-13-7-4-8-14-20)23(26)17-24-21-15-9-10-16-22(21)27-18-19-11-5-3-6-12-19/h3-16,24H,2,17-18H2,1H3. The molecule has 0 aliphatic heterocycles. The van der Waals surface area contributed by atoms with Crippen molar-refractivity contribution in [1.29, 1.82) is 0 Å². The van der Waals surface area contributed by atoms with E-state index < -0.39 is 0 Å². The molecule has 0 saturated heterocycles. The van der Waals surface area contributed by atoms with Crippen LogP contribution < -0.4 is 15.0 Å². The second-order valence-electron chi connectivity index (χ2n) is 6.10. The monoisotopic (exact) mass is 360 g/mol. The summed E-state index contributed by atoms with van der Waals surface area (Å²) in [5.41, 5.74) is 2.82. The molecule has 0 bridgehead atoms. The molecule has 0 heterocycles. The molecule has 0 spiro atoms. The number of rotatable bonds is 8. The van der Waals surface area contributed by atoms with Crippen molar-refractivity contribution in [3.63, 3.8) is 0 Å². The average molecular weight is 360 g/mol. The van der Waals surface area contributed by atoms with E-state index in [-0.39, 0.29) is 12.5 Å². The van der Waals surface area contributed by atoms with Gasteiger partial charge in [0.1, 0.15) is 12.4 Å². The summed E-state index contributed by atoms with van der Waals surface area (Å²) in [5, 5.41) is 3.22. The lowest BCUT2D eigenvalue weighted by Crippen LogP contribution is -2.35. The van der Waals surface area contributed by atoms with Crippen LogP contribution in [0.3, 0.4) is 0 Å². The Kier molecular flexibility index (Phi) is 6.47. The molecule has 0 aromatic heterocycles. The lowest BCUT2D eigenvalue weighted by Gasteiger charge is -2.22. The van der Waals surface area contributed by atoms with Gasteiger partial charge < -0.3 is 15.0 Å². The summed E-state index contributed by atoms with van der Waals surface area (Å²) in [6.45, 7) is 3.28. The van der Waals surface area contributed by atoms with Gasteiger partial charge in [-0.05, 0) is 36.8 Å². The van der Waals surface area contributed by atoms with Crippen LogP contribution >= 0.6 is 0 Å². The van der Waals surface area contributed by atoms with Crippen LogP contribution in [-0.2, 0) is 11.4 Å². The molecule has 0 radical (unpaired) electrons. The maximum atomic E-state index is 12.7. The van der Waals surface area contributed by atoms with Gasteiger partial charge in [-0.15, -0.1) is 0 Å². The lowest BCUT2D eigenvalue weighted by atomic mass is 10.2. The Morgan fingerprint density at radius 1 is 0.889 bits per heavy atom. The van der Waals surface area contributed by atoms with Crippen LogP contribution in [0.4, 0.5) is 11.4 Å². The van der Waals surface area contributed by atoms with Gasteiger partial charge in [0.05, 0.1) is 12.2 Å². The molecular formula is C23H24N2O2. The van der Waals surface area contributed by atoms with Gasteiger partial charge in [-0.25, -0.2) is 0 Å². The highest BCUT2D eigenvalue weighted by Gasteiger charge is 2.14. The van der Waals surface area contributed by atoms with Crippen molar-refractivity contribution in [3.8, 4) is 5.75 Å². The molecule has 138 valence electrons. The highest BCUT2D eigenvalue weighted by Crippen LogP contribution is 2.25. The van der Waals surface area contributed by atoms with Crippen LogP contribution in [0.5, 0.6) is 5.75 Å². The highest BCUT2D eigenvalue weighted by molar-refractivity contribution is 5.96. The third-order valence-electron chi connectivity index (χ3n) is 4.24. The van der Waals surface area contributed by atoms with Crippen LogP contribution in [0, 0.1) is 0 Å². The smallest absolute Gasteiger partial charge is 0.246 e. The molecule has 27 heavy (non-hydrogen) atoms. The van der Waals surface area contributed by atoms with E-state index in [2.05, 4.69) is 5.32 Å². The van der Waals surface area contributed by atoms with Gasteiger partial charge in [0.2, 0.25) is 5.91 Å². The number of para-hydroxylation sites is 3. The Hall–Kier alpha value is -3.27. The van der Waals surface area contributed by atoms with E-state index in [0.29, 0.717) is 13.2 Å². The van der Waals surface area contributed by atoms with Gasteiger partial charge in [0.15, 0.2) is 0 Å². The Balaban J connectivity index is 1.63. The highest BCUT2D eigenvalue weighted by atomic mass is 16.5. The van der Waals surface area contributed by atoms with Gasteiger partial charge >= 0.3 is 0 Å². The molecule has 4 nitrogen and oxygen atoms in total. The fourth-order valence-electron chi connectivity index (χ4n) is 2.85. The Bertz CT molecular complexity index is 851.